The van der Waals surface area contributed by atoms with Crippen LogP contribution in [0.25, 0.3) is 0 Å². The number of fused-ring (bicyclic) bond motifs is 1. The standard InChI is InChI=1S/C22H30N4O2/c1-16(2)21-24-13-17(14-25-21)15-26-11-9-22(27-3)8-7-18(12-19(22)26)28-20-6-4-5-10-23-20/h4-6,10,13-14,16,18-19H,7-9,11-12,15H2,1-3H3/t18-,19-,22+/m0/s1. The molecule has 2 fully saturated rings. The topological polar surface area (TPSA) is 60.4 Å². The average Bonchev–Trinajstić information content (AvgIpc) is 3.08. The van der Waals surface area contributed by atoms with Gasteiger partial charge in [0, 0.05) is 68.8 Å². The van der Waals surface area contributed by atoms with E-state index in [-0.39, 0.29) is 11.7 Å². The van der Waals surface area contributed by atoms with Crippen molar-refractivity contribution in [1.29, 1.82) is 0 Å². The summed E-state index contributed by atoms with van der Waals surface area (Å²) in [6.45, 7) is 6.11. The van der Waals surface area contributed by atoms with Crippen molar-refractivity contribution in [2.24, 2.45) is 0 Å². The van der Waals surface area contributed by atoms with Crippen LogP contribution in [-0.2, 0) is 11.3 Å². The first-order valence-corrected chi connectivity index (χ1v) is 10.3. The van der Waals surface area contributed by atoms with Gasteiger partial charge >= 0.3 is 0 Å². The van der Waals surface area contributed by atoms with Gasteiger partial charge in [-0.2, -0.15) is 0 Å². The normalized spacial score (nSPS) is 27.7. The predicted molar refractivity (Wildman–Crippen MR) is 107 cm³/mol. The van der Waals surface area contributed by atoms with Gasteiger partial charge < -0.3 is 9.47 Å². The van der Waals surface area contributed by atoms with Gasteiger partial charge in [0.1, 0.15) is 11.9 Å². The summed E-state index contributed by atoms with van der Waals surface area (Å²) in [5.74, 6) is 1.96. The third kappa shape index (κ3) is 3.89. The molecule has 0 N–H and O–H groups in total. The number of likely N-dealkylation sites (tertiary alicyclic amines) is 1. The highest BCUT2D eigenvalue weighted by Gasteiger charge is 2.51. The van der Waals surface area contributed by atoms with Crippen LogP contribution >= 0.6 is 0 Å². The molecular formula is C22H30N4O2. The zero-order valence-electron chi connectivity index (χ0n) is 17.0. The Bertz CT molecular complexity index is 768. The molecule has 2 aliphatic rings. The van der Waals surface area contributed by atoms with E-state index in [0.29, 0.717) is 17.8 Å². The fourth-order valence-corrected chi connectivity index (χ4v) is 4.62. The Morgan fingerprint density at radius 3 is 2.68 bits per heavy atom. The quantitative estimate of drug-likeness (QED) is 0.761. The Labute approximate surface area is 167 Å². The molecule has 1 aliphatic heterocycles. The van der Waals surface area contributed by atoms with Gasteiger partial charge in [0.05, 0.1) is 5.60 Å². The van der Waals surface area contributed by atoms with Crippen molar-refractivity contribution in [3.05, 3.63) is 48.2 Å². The lowest BCUT2D eigenvalue weighted by Gasteiger charge is -2.43. The molecule has 6 heteroatoms. The van der Waals surface area contributed by atoms with Gasteiger partial charge in [-0.25, -0.2) is 15.0 Å². The van der Waals surface area contributed by atoms with E-state index in [4.69, 9.17) is 9.47 Å². The minimum absolute atomic E-state index is 0.0668. The first kappa shape index (κ1) is 19.3. The fourth-order valence-electron chi connectivity index (χ4n) is 4.62. The Morgan fingerprint density at radius 1 is 1.18 bits per heavy atom. The monoisotopic (exact) mass is 382 g/mol. The molecule has 6 nitrogen and oxygen atoms in total. The van der Waals surface area contributed by atoms with Crippen molar-refractivity contribution in [2.45, 2.75) is 69.7 Å². The summed E-state index contributed by atoms with van der Waals surface area (Å²) < 4.78 is 12.3. The second-order valence-corrected chi connectivity index (χ2v) is 8.29. The summed E-state index contributed by atoms with van der Waals surface area (Å²) in [4.78, 5) is 15.9. The fraction of sp³-hybridized carbons (Fsp3) is 0.591. The van der Waals surface area contributed by atoms with Crippen LogP contribution in [0.15, 0.2) is 36.8 Å². The number of rotatable bonds is 6. The minimum Gasteiger partial charge on any atom is -0.474 e. The molecule has 1 saturated heterocycles. The second kappa shape index (κ2) is 8.13. The molecule has 2 aromatic heterocycles. The first-order valence-electron chi connectivity index (χ1n) is 10.3. The molecule has 3 heterocycles. The lowest BCUT2D eigenvalue weighted by molar-refractivity contribution is -0.0843. The van der Waals surface area contributed by atoms with Crippen LogP contribution in [0.2, 0.25) is 0 Å². The molecule has 0 spiro atoms. The average molecular weight is 383 g/mol. The largest absolute Gasteiger partial charge is 0.474 e. The number of methoxy groups -OCH3 is 1. The molecule has 0 aromatic carbocycles. The van der Waals surface area contributed by atoms with E-state index < -0.39 is 0 Å². The maximum atomic E-state index is 6.18. The minimum atomic E-state index is -0.0668. The van der Waals surface area contributed by atoms with Gasteiger partial charge in [0.2, 0.25) is 5.88 Å². The Kier molecular flexibility index (Phi) is 5.60. The highest BCUT2D eigenvalue weighted by Crippen LogP contribution is 2.43. The van der Waals surface area contributed by atoms with Crippen LogP contribution < -0.4 is 4.74 Å². The molecule has 0 unspecified atom stereocenters. The Hall–Kier alpha value is -2.05. The first-order chi connectivity index (χ1) is 13.6. The van der Waals surface area contributed by atoms with Crippen LogP contribution in [0, 0.1) is 0 Å². The third-order valence-corrected chi connectivity index (χ3v) is 6.20. The summed E-state index contributed by atoms with van der Waals surface area (Å²) in [7, 11) is 1.86. The van der Waals surface area contributed by atoms with Gasteiger partial charge in [-0.15, -0.1) is 0 Å². The second-order valence-electron chi connectivity index (χ2n) is 8.29. The smallest absolute Gasteiger partial charge is 0.213 e. The lowest BCUT2D eigenvalue weighted by atomic mass is 9.79. The number of aromatic nitrogens is 3. The molecular weight excluding hydrogens is 352 g/mol. The van der Waals surface area contributed by atoms with Gasteiger partial charge in [0.25, 0.3) is 0 Å². The number of pyridine rings is 1. The predicted octanol–water partition coefficient (Wildman–Crippen LogP) is 3.59. The highest BCUT2D eigenvalue weighted by atomic mass is 16.5. The van der Waals surface area contributed by atoms with Gasteiger partial charge in [0.15, 0.2) is 0 Å². The lowest BCUT2D eigenvalue weighted by Crippen LogP contribution is -2.52. The van der Waals surface area contributed by atoms with Crippen LogP contribution in [0.3, 0.4) is 0 Å². The summed E-state index contributed by atoms with van der Waals surface area (Å²) in [5.41, 5.74) is 1.09. The van der Waals surface area contributed by atoms with Crippen LogP contribution in [0.5, 0.6) is 5.88 Å². The SMILES string of the molecule is CO[C@@]12CC[C@H](Oc3ccccn3)C[C@@H]1N(Cc1cnc(C(C)C)nc1)CC2. The van der Waals surface area contributed by atoms with E-state index in [1.165, 1.54) is 0 Å². The molecule has 1 aliphatic carbocycles. The molecule has 4 rings (SSSR count). The van der Waals surface area contributed by atoms with Gasteiger partial charge in [-0.3, -0.25) is 4.90 Å². The third-order valence-electron chi connectivity index (χ3n) is 6.20. The molecule has 28 heavy (non-hydrogen) atoms. The Morgan fingerprint density at radius 2 is 2.00 bits per heavy atom. The van der Waals surface area contributed by atoms with Crippen molar-refractivity contribution in [1.82, 2.24) is 19.9 Å². The number of hydrogen-bond donors (Lipinski definition) is 0. The van der Waals surface area contributed by atoms with Gasteiger partial charge in [-0.1, -0.05) is 19.9 Å². The summed E-state index contributed by atoms with van der Waals surface area (Å²) >= 11 is 0. The molecule has 0 radical (unpaired) electrons. The molecule has 1 saturated carbocycles. The molecule has 150 valence electrons. The summed E-state index contributed by atoms with van der Waals surface area (Å²) in [6, 6.07) is 6.14. The van der Waals surface area contributed by atoms with Gasteiger partial charge in [-0.05, 0) is 25.3 Å². The van der Waals surface area contributed by atoms with Crippen molar-refractivity contribution in [2.75, 3.05) is 13.7 Å². The highest BCUT2D eigenvalue weighted by molar-refractivity contribution is 5.13. The summed E-state index contributed by atoms with van der Waals surface area (Å²) in [6.07, 6.45) is 9.93. The Balaban J connectivity index is 1.46. The molecule has 0 amide bonds. The summed E-state index contributed by atoms with van der Waals surface area (Å²) in [5, 5.41) is 0. The van der Waals surface area contributed by atoms with Crippen molar-refractivity contribution >= 4 is 0 Å². The zero-order chi connectivity index (χ0) is 19.6. The van der Waals surface area contributed by atoms with E-state index in [1.807, 2.05) is 37.7 Å². The number of nitrogens with zero attached hydrogens (tertiary/aromatic N) is 4. The maximum Gasteiger partial charge on any atom is 0.213 e. The number of ether oxygens (including phenoxy) is 2. The molecule has 3 atom stereocenters. The molecule has 0 bridgehead atoms. The van der Waals surface area contributed by atoms with Crippen molar-refractivity contribution in [3.8, 4) is 5.88 Å². The number of hydrogen-bond acceptors (Lipinski definition) is 6. The van der Waals surface area contributed by atoms with E-state index in [0.717, 1.165) is 50.2 Å². The van der Waals surface area contributed by atoms with Crippen molar-refractivity contribution in [3.63, 3.8) is 0 Å². The zero-order valence-corrected chi connectivity index (χ0v) is 17.0. The maximum absolute atomic E-state index is 6.18. The van der Waals surface area contributed by atoms with E-state index in [2.05, 4.69) is 33.7 Å². The van der Waals surface area contributed by atoms with E-state index >= 15 is 0 Å². The van der Waals surface area contributed by atoms with E-state index in [1.54, 1.807) is 6.20 Å². The van der Waals surface area contributed by atoms with E-state index in [9.17, 15) is 0 Å². The van der Waals surface area contributed by atoms with Crippen LogP contribution in [0.4, 0.5) is 0 Å². The molecule has 2 aromatic rings. The van der Waals surface area contributed by atoms with Crippen LogP contribution in [-0.4, -0.2) is 51.3 Å². The van der Waals surface area contributed by atoms with Crippen LogP contribution in [0.1, 0.15) is 56.8 Å². The van der Waals surface area contributed by atoms with Crippen molar-refractivity contribution < 1.29 is 9.47 Å².